The second-order valence-corrected chi connectivity index (χ2v) is 29.8. The summed E-state index contributed by atoms with van der Waals surface area (Å²) in [5.41, 5.74) is 16.7. The summed E-state index contributed by atoms with van der Waals surface area (Å²) in [5, 5.41) is 44.7. The number of aromatic amines is 1. The molecule has 26 heteroatoms. The molecule has 0 spiro atoms. The highest BCUT2D eigenvalue weighted by Crippen LogP contribution is 2.39. The number of benzene rings is 1. The number of halogens is 7. The van der Waals surface area contributed by atoms with Crippen molar-refractivity contribution in [1.29, 1.82) is 0 Å². The van der Waals surface area contributed by atoms with Crippen LogP contribution in [0.15, 0.2) is 122 Å². The van der Waals surface area contributed by atoms with Gasteiger partial charge in [-0.25, -0.2) is 15.0 Å². The average molecular weight is 1460 g/mol. The summed E-state index contributed by atoms with van der Waals surface area (Å²) in [4.78, 5) is 34.4. The summed E-state index contributed by atoms with van der Waals surface area (Å²) in [7, 11) is 8.48. The number of aliphatic hydroxyl groups excluding tert-OH is 1. The molecule has 4 aliphatic heterocycles. The second-order valence-electron chi connectivity index (χ2n) is 29.4. The number of nitrogens with one attached hydrogen (secondary N) is 1. The SMILES string of the molecule is CN1CCc2c(c3cc(Cl)cnc3n2CC(C)(O)c2ccc(C(F)(F)F)nc2)C1.Cc1ccc2c(c1)c1c(n2CC(O)c2cn[nH]c2)CCN(C)C1.Cc1cnc2c(c1)c1c(n2CC(C)(O)c2ccc(C(F)(F)F)nc2)CCN(C)C1.Cc1cnc2c(c1)c1c(n2CCc2ccc(C)nc2)CCN(C)C1. The quantitative estimate of drug-likeness (QED) is 0.0842. The van der Waals surface area contributed by atoms with Gasteiger partial charge in [0.25, 0.3) is 0 Å². The fourth-order valence-corrected chi connectivity index (χ4v) is 15.3. The maximum absolute atomic E-state index is 12.8. The molecule has 11 aromatic heterocycles. The molecule has 1 aromatic carbocycles. The standard InChI is InChI=1S/C21H23F3N4O.C20H20ClF3N4O.C20H24N4.C18H22N4O/c1-13-8-15-16-11-27(3)7-6-17(16)28(19(15)26-9-13)12-20(2,29)14-4-5-18(25-10-14)21(22,23)24;1-19(29,12-3-4-17(25-8-12)20(22,23)24)11-28-16-5-6-27(2)10-15(16)14-7-13(21)9-26-18(14)28;1-14-10-17-18-13-23(3)8-7-19(18)24(20(17)22-11-14)9-6-16-5-4-15(2)21-12-16;1-12-3-4-16-14(7-12)15-10-21(2)6-5-17(15)22(16)11-18(23)13-8-19-20-9-13/h4-5,8-10,29H,6-7,11-12H2,1-3H3;3-4,7-9,29H,5-6,10-11H2,1-2H3;4-5,10-12H,6-9,13H2,1-3H3;3-4,7-9,18,23H,5-6,10-11H2,1-2H3,(H,19,20). The normalized spacial score (nSPS) is 16.6. The number of aromatic nitrogens is 12. The Morgan fingerprint density at radius 3 is 1.38 bits per heavy atom. The Hall–Kier alpha value is -8.92. The predicted molar refractivity (Wildman–Crippen MR) is 394 cm³/mol. The predicted octanol–water partition coefficient (Wildman–Crippen LogP) is 13.3. The van der Waals surface area contributed by atoms with Crippen molar-refractivity contribution in [3.63, 3.8) is 0 Å². The number of hydrogen-bond acceptors (Lipinski definition) is 14. The highest BCUT2D eigenvalue weighted by molar-refractivity contribution is 6.31. The molecule has 15 heterocycles. The van der Waals surface area contributed by atoms with E-state index in [2.05, 4.69) is 141 Å². The van der Waals surface area contributed by atoms with Crippen molar-refractivity contribution >= 4 is 55.6 Å². The molecule has 4 N–H and O–H groups in total. The van der Waals surface area contributed by atoms with Crippen LogP contribution in [0.2, 0.25) is 5.02 Å². The lowest BCUT2D eigenvalue weighted by atomic mass is 9.97. The van der Waals surface area contributed by atoms with Gasteiger partial charge in [-0.3, -0.25) is 20.1 Å². The molecule has 0 saturated carbocycles. The highest BCUT2D eigenvalue weighted by atomic mass is 35.5. The molecule has 3 atom stereocenters. The lowest BCUT2D eigenvalue weighted by Gasteiger charge is -2.28. The van der Waals surface area contributed by atoms with Crippen molar-refractivity contribution in [2.24, 2.45) is 0 Å². The fraction of sp³-hybridized carbons (Fsp3) is 0.405. The van der Waals surface area contributed by atoms with E-state index < -0.39 is 41.0 Å². The monoisotopic (exact) mass is 1460 g/mol. The number of hydrogen-bond donors (Lipinski definition) is 4. The highest BCUT2D eigenvalue weighted by Gasteiger charge is 2.37. The van der Waals surface area contributed by atoms with Gasteiger partial charge >= 0.3 is 12.4 Å². The summed E-state index contributed by atoms with van der Waals surface area (Å²) in [5.74, 6) is 0. The first-order valence-corrected chi connectivity index (χ1v) is 35.8. The van der Waals surface area contributed by atoms with Crippen molar-refractivity contribution < 1.29 is 41.7 Å². The van der Waals surface area contributed by atoms with Crippen molar-refractivity contribution in [1.82, 2.24) is 78.0 Å². The molecule has 19 nitrogen and oxygen atoms in total. The topological polar surface area (TPSA) is 199 Å². The molecule has 0 bridgehead atoms. The Balaban J connectivity index is 0.000000125. The van der Waals surface area contributed by atoms with E-state index in [1.165, 1.54) is 73.2 Å². The summed E-state index contributed by atoms with van der Waals surface area (Å²) in [6.45, 7) is 20.8. The Bertz CT molecular complexity index is 4930. The van der Waals surface area contributed by atoms with E-state index in [0.717, 1.165) is 171 Å². The van der Waals surface area contributed by atoms with Crippen LogP contribution in [0.5, 0.6) is 0 Å². The smallest absolute Gasteiger partial charge is 0.386 e. The average Bonchev–Trinajstić information content (AvgIpc) is 1.61. The van der Waals surface area contributed by atoms with Crippen LogP contribution < -0.4 is 0 Å². The maximum atomic E-state index is 12.8. The summed E-state index contributed by atoms with van der Waals surface area (Å²) < 4.78 is 85.5. The third kappa shape index (κ3) is 16.0. The van der Waals surface area contributed by atoms with Gasteiger partial charge in [-0.1, -0.05) is 41.4 Å². The van der Waals surface area contributed by atoms with E-state index in [0.29, 0.717) is 28.3 Å². The number of pyridine rings is 6. The van der Waals surface area contributed by atoms with Crippen LogP contribution in [-0.4, -0.2) is 148 Å². The fourth-order valence-electron chi connectivity index (χ4n) is 15.2. The Morgan fingerprint density at radius 1 is 0.486 bits per heavy atom. The van der Waals surface area contributed by atoms with Crippen LogP contribution >= 0.6 is 11.6 Å². The number of likely N-dealkylation sites (N-methyl/N-ethyl adjacent to an activating group) is 4. The van der Waals surface area contributed by atoms with E-state index >= 15 is 0 Å². The Kier molecular flexibility index (Phi) is 21.1. The summed E-state index contributed by atoms with van der Waals surface area (Å²) in [6, 6.07) is 21.5. The van der Waals surface area contributed by atoms with Crippen molar-refractivity contribution in [2.45, 2.75) is 156 Å². The maximum Gasteiger partial charge on any atom is 0.433 e. The van der Waals surface area contributed by atoms with E-state index in [1.54, 1.807) is 38.6 Å². The second kappa shape index (κ2) is 29.8. The number of alkyl halides is 6. The van der Waals surface area contributed by atoms with Crippen LogP contribution in [0.3, 0.4) is 0 Å². The molecule has 552 valence electrons. The van der Waals surface area contributed by atoms with E-state index in [-0.39, 0.29) is 13.1 Å². The lowest BCUT2D eigenvalue weighted by Crippen LogP contribution is -2.32. The first-order valence-electron chi connectivity index (χ1n) is 35.4. The number of aryl methyl sites for hydroxylation is 6. The van der Waals surface area contributed by atoms with Gasteiger partial charge in [0.1, 0.15) is 39.5 Å². The van der Waals surface area contributed by atoms with Crippen molar-refractivity contribution in [3.8, 4) is 0 Å². The zero-order valence-corrected chi connectivity index (χ0v) is 61.6. The number of nitrogens with zero attached hydrogens (tertiary/aromatic N) is 15. The number of H-pyrrole nitrogens is 1. The van der Waals surface area contributed by atoms with Gasteiger partial charge < -0.3 is 53.2 Å². The molecule has 3 unspecified atom stereocenters. The van der Waals surface area contributed by atoms with Crippen molar-refractivity contribution in [2.75, 3.05) is 54.4 Å². The van der Waals surface area contributed by atoms with Gasteiger partial charge in [0.05, 0.1) is 37.0 Å². The molecule has 0 radical (unpaired) electrons. The van der Waals surface area contributed by atoms with Crippen LogP contribution in [0.25, 0.3) is 44.0 Å². The van der Waals surface area contributed by atoms with Crippen LogP contribution in [0, 0.1) is 27.7 Å². The van der Waals surface area contributed by atoms with Crippen molar-refractivity contribution in [3.05, 3.63) is 228 Å². The molecule has 16 rings (SSSR count). The molecule has 0 saturated heterocycles. The van der Waals surface area contributed by atoms with Gasteiger partial charge in [-0.15, -0.1) is 0 Å². The number of rotatable bonds is 12. The van der Waals surface area contributed by atoms with Gasteiger partial charge in [0.2, 0.25) is 0 Å². The molecular weight excluding hydrogens is 1370 g/mol. The first-order chi connectivity index (χ1) is 49.9. The summed E-state index contributed by atoms with van der Waals surface area (Å²) >= 11 is 6.15. The molecule has 4 aliphatic rings. The number of fused-ring (bicyclic) bond motifs is 12. The lowest BCUT2D eigenvalue weighted by molar-refractivity contribution is -0.142. The molecule has 0 aliphatic carbocycles. The van der Waals surface area contributed by atoms with Crippen LogP contribution in [0.1, 0.15) is 121 Å². The zero-order valence-electron chi connectivity index (χ0n) is 60.8. The molecular formula is C79H89ClF6N16O3. The molecule has 0 fully saturated rings. The molecule has 12 aromatic rings. The minimum absolute atomic E-state index is 0.143. The van der Waals surface area contributed by atoms with E-state index in [4.69, 9.17) is 16.6 Å². The Labute approximate surface area is 610 Å². The Morgan fingerprint density at radius 2 is 0.933 bits per heavy atom. The van der Waals surface area contributed by atoms with Crippen LogP contribution in [0.4, 0.5) is 26.3 Å². The molecule has 0 amide bonds. The van der Waals surface area contributed by atoms with Gasteiger partial charge in [-0.2, -0.15) is 31.4 Å². The minimum Gasteiger partial charge on any atom is -0.386 e. The zero-order chi connectivity index (χ0) is 74.6. The molecule has 105 heavy (non-hydrogen) atoms. The summed E-state index contributed by atoms with van der Waals surface area (Å²) in [6.07, 6.45) is 8.14. The largest absolute Gasteiger partial charge is 0.433 e. The van der Waals surface area contributed by atoms with Gasteiger partial charge in [0, 0.05) is 200 Å². The van der Waals surface area contributed by atoms with Gasteiger partial charge in [-0.05, 0) is 164 Å². The third-order valence-corrected chi connectivity index (χ3v) is 21.0. The van der Waals surface area contributed by atoms with E-state index in [1.807, 2.05) is 48.5 Å². The van der Waals surface area contributed by atoms with E-state index in [9.17, 15) is 41.7 Å². The van der Waals surface area contributed by atoms with Crippen LogP contribution in [-0.2, 0) is 108 Å². The number of aliphatic hydroxyl groups is 3. The third-order valence-electron chi connectivity index (χ3n) is 20.8. The first kappa shape index (κ1) is 74.4. The van der Waals surface area contributed by atoms with Gasteiger partial charge in [0.15, 0.2) is 0 Å². The minimum atomic E-state index is -4.52.